The Balaban J connectivity index is 2.26. The van der Waals surface area contributed by atoms with Crippen molar-refractivity contribution in [2.24, 2.45) is 0 Å². The Morgan fingerprint density at radius 1 is 1.11 bits per heavy atom. The van der Waals surface area contributed by atoms with Crippen molar-refractivity contribution < 1.29 is 0 Å². The summed E-state index contributed by atoms with van der Waals surface area (Å²) in [5, 5.41) is 5.79. The van der Waals surface area contributed by atoms with Crippen molar-refractivity contribution in [2.45, 2.75) is 39.7 Å². The average molecular weight is 273 g/mol. The zero-order valence-corrected chi connectivity index (χ0v) is 12.9. The van der Waals surface area contributed by atoms with Crippen molar-refractivity contribution in [1.82, 2.24) is 5.32 Å². The van der Waals surface area contributed by atoms with E-state index in [0.717, 1.165) is 6.54 Å². The maximum atomic E-state index is 3.60. The van der Waals surface area contributed by atoms with Gasteiger partial charge in [0.15, 0.2) is 0 Å². The van der Waals surface area contributed by atoms with Gasteiger partial charge in [-0.25, -0.2) is 0 Å². The van der Waals surface area contributed by atoms with Gasteiger partial charge in [0, 0.05) is 4.88 Å². The van der Waals surface area contributed by atoms with Gasteiger partial charge < -0.3 is 5.32 Å². The number of hydrogen-bond donors (Lipinski definition) is 1. The lowest BCUT2D eigenvalue weighted by Gasteiger charge is -2.18. The lowest BCUT2D eigenvalue weighted by Crippen LogP contribution is -2.21. The lowest BCUT2D eigenvalue weighted by atomic mass is 10.00. The summed E-state index contributed by atoms with van der Waals surface area (Å²) in [6.45, 7) is 7.58. The molecule has 0 saturated carbocycles. The molecule has 0 aliphatic carbocycles. The Kier molecular flexibility index (Phi) is 5.17. The van der Waals surface area contributed by atoms with Gasteiger partial charge in [-0.3, -0.25) is 0 Å². The van der Waals surface area contributed by atoms with Crippen molar-refractivity contribution in [3.8, 4) is 0 Å². The lowest BCUT2D eigenvalue weighted by molar-refractivity contribution is 0.637. The van der Waals surface area contributed by atoms with E-state index in [9.17, 15) is 0 Å². The van der Waals surface area contributed by atoms with Crippen LogP contribution >= 0.6 is 11.3 Å². The molecule has 0 bridgehead atoms. The van der Waals surface area contributed by atoms with Crippen LogP contribution in [0.25, 0.3) is 0 Å². The minimum Gasteiger partial charge on any atom is -0.306 e. The second-order valence-corrected chi connectivity index (χ2v) is 5.90. The summed E-state index contributed by atoms with van der Waals surface area (Å²) in [6, 6.07) is 11.6. The fourth-order valence-corrected chi connectivity index (χ4v) is 3.44. The van der Waals surface area contributed by atoms with Crippen molar-refractivity contribution >= 4 is 11.3 Å². The number of hydrogen-bond acceptors (Lipinski definition) is 2. The van der Waals surface area contributed by atoms with Crippen LogP contribution in [-0.4, -0.2) is 6.54 Å². The first-order valence-electron chi connectivity index (χ1n) is 7.12. The molecule has 19 heavy (non-hydrogen) atoms. The van der Waals surface area contributed by atoms with Gasteiger partial charge >= 0.3 is 0 Å². The van der Waals surface area contributed by atoms with E-state index in [-0.39, 0.29) is 0 Å². The highest BCUT2D eigenvalue weighted by molar-refractivity contribution is 7.10. The molecule has 1 aromatic carbocycles. The Morgan fingerprint density at radius 2 is 1.84 bits per heavy atom. The first kappa shape index (κ1) is 14.3. The van der Waals surface area contributed by atoms with Crippen LogP contribution in [-0.2, 0) is 6.42 Å². The highest BCUT2D eigenvalue weighted by Gasteiger charge is 2.16. The summed E-state index contributed by atoms with van der Waals surface area (Å²) >= 11 is 1.84. The van der Waals surface area contributed by atoms with E-state index in [1.807, 2.05) is 11.3 Å². The third-order valence-corrected chi connectivity index (χ3v) is 4.51. The number of rotatable bonds is 6. The van der Waals surface area contributed by atoms with Gasteiger partial charge in [-0.05, 0) is 48.0 Å². The predicted molar refractivity (Wildman–Crippen MR) is 85.0 cm³/mol. The number of aryl methyl sites for hydroxylation is 2. The summed E-state index contributed by atoms with van der Waals surface area (Å²) in [5.74, 6) is 0. The topological polar surface area (TPSA) is 12.0 Å². The number of benzene rings is 1. The van der Waals surface area contributed by atoms with E-state index in [1.54, 1.807) is 0 Å². The summed E-state index contributed by atoms with van der Waals surface area (Å²) in [5.41, 5.74) is 4.19. The molecular weight excluding hydrogens is 250 g/mol. The fraction of sp³-hybridized carbons (Fsp3) is 0.412. The highest BCUT2D eigenvalue weighted by Crippen LogP contribution is 2.29. The molecule has 0 aliphatic heterocycles. The molecule has 1 heterocycles. The predicted octanol–water partition coefficient (Wildman–Crippen LogP) is 4.71. The SMILES string of the molecule is CCCc1ccc(C(NCC)c2sccc2C)cc1. The molecular formula is C17H23NS. The van der Waals surface area contributed by atoms with Gasteiger partial charge in [0.2, 0.25) is 0 Å². The van der Waals surface area contributed by atoms with E-state index < -0.39 is 0 Å². The molecule has 2 heteroatoms. The van der Waals surface area contributed by atoms with Gasteiger partial charge in [0.25, 0.3) is 0 Å². The molecule has 1 aromatic heterocycles. The molecule has 1 unspecified atom stereocenters. The van der Waals surface area contributed by atoms with Crippen LogP contribution in [0.2, 0.25) is 0 Å². The normalized spacial score (nSPS) is 12.6. The summed E-state index contributed by atoms with van der Waals surface area (Å²) in [7, 11) is 0. The minimum atomic E-state index is 0.334. The molecule has 0 amide bonds. The van der Waals surface area contributed by atoms with Crippen LogP contribution in [0.15, 0.2) is 35.7 Å². The van der Waals surface area contributed by atoms with Crippen molar-refractivity contribution in [1.29, 1.82) is 0 Å². The number of nitrogens with one attached hydrogen (secondary N) is 1. The van der Waals surface area contributed by atoms with Gasteiger partial charge in [0.05, 0.1) is 6.04 Å². The Labute approximate surface area is 120 Å². The maximum Gasteiger partial charge on any atom is 0.0673 e. The van der Waals surface area contributed by atoms with Crippen molar-refractivity contribution in [3.05, 3.63) is 57.3 Å². The summed E-state index contributed by atoms with van der Waals surface area (Å²) in [6.07, 6.45) is 2.38. The second-order valence-electron chi connectivity index (χ2n) is 4.95. The molecule has 2 aromatic rings. The zero-order valence-electron chi connectivity index (χ0n) is 12.1. The molecule has 1 nitrogen and oxygen atoms in total. The Morgan fingerprint density at radius 3 is 2.37 bits per heavy atom. The van der Waals surface area contributed by atoms with Crippen LogP contribution in [0.4, 0.5) is 0 Å². The maximum absolute atomic E-state index is 3.60. The molecule has 1 atom stereocenters. The summed E-state index contributed by atoms with van der Waals surface area (Å²) < 4.78 is 0. The molecule has 0 spiro atoms. The molecule has 102 valence electrons. The van der Waals surface area contributed by atoms with Crippen LogP contribution in [0, 0.1) is 6.92 Å². The standard InChI is InChI=1S/C17H23NS/c1-4-6-14-7-9-15(10-8-14)16(18-5-2)17-13(3)11-12-19-17/h7-12,16,18H,4-6H2,1-3H3. The minimum absolute atomic E-state index is 0.334. The van der Waals surface area contributed by atoms with Crippen LogP contribution in [0.5, 0.6) is 0 Å². The average Bonchev–Trinajstić information content (AvgIpc) is 2.84. The van der Waals surface area contributed by atoms with Crippen LogP contribution in [0.1, 0.15) is 47.9 Å². The van der Waals surface area contributed by atoms with Crippen molar-refractivity contribution in [2.75, 3.05) is 6.54 Å². The van der Waals surface area contributed by atoms with E-state index >= 15 is 0 Å². The Bertz CT molecular complexity index is 498. The molecule has 0 fully saturated rings. The van der Waals surface area contributed by atoms with E-state index in [0.29, 0.717) is 6.04 Å². The van der Waals surface area contributed by atoms with Gasteiger partial charge in [-0.1, -0.05) is 44.5 Å². The van der Waals surface area contributed by atoms with E-state index in [1.165, 1.54) is 34.4 Å². The molecule has 0 aliphatic rings. The zero-order chi connectivity index (χ0) is 13.7. The van der Waals surface area contributed by atoms with Gasteiger partial charge in [0.1, 0.15) is 0 Å². The fourth-order valence-electron chi connectivity index (χ4n) is 2.41. The van der Waals surface area contributed by atoms with Crippen LogP contribution < -0.4 is 5.32 Å². The molecule has 0 saturated heterocycles. The molecule has 1 N–H and O–H groups in total. The first-order chi connectivity index (χ1) is 9.26. The highest BCUT2D eigenvalue weighted by atomic mass is 32.1. The third kappa shape index (κ3) is 3.46. The molecule has 0 radical (unpaired) electrons. The quantitative estimate of drug-likeness (QED) is 0.804. The van der Waals surface area contributed by atoms with E-state index in [2.05, 4.69) is 61.8 Å². The molecule has 2 rings (SSSR count). The monoisotopic (exact) mass is 273 g/mol. The van der Waals surface area contributed by atoms with Crippen molar-refractivity contribution in [3.63, 3.8) is 0 Å². The van der Waals surface area contributed by atoms with Crippen LogP contribution in [0.3, 0.4) is 0 Å². The van der Waals surface area contributed by atoms with Gasteiger partial charge in [-0.2, -0.15) is 0 Å². The van der Waals surface area contributed by atoms with E-state index in [4.69, 9.17) is 0 Å². The third-order valence-electron chi connectivity index (χ3n) is 3.42. The second kappa shape index (κ2) is 6.88. The first-order valence-corrected chi connectivity index (χ1v) is 8.00. The summed E-state index contributed by atoms with van der Waals surface area (Å²) in [4.78, 5) is 1.44. The largest absolute Gasteiger partial charge is 0.306 e. The Hall–Kier alpha value is -1.12. The van der Waals surface area contributed by atoms with Gasteiger partial charge in [-0.15, -0.1) is 11.3 Å². The number of thiophene rings is 1. The smallest absolute Gasteiger partial charge is 0.0673 e.